The minimum Gasteiger partial charge on any atom is -0.461 e. The predicted molar refractivity (Wildman–Crippen MR) is 112 cm³/mol. The van der Waals surface area contributed by atoms with E-state index in [1.165, 1.54) is 44.9 Å². The van der Waals surface area contributed by atoms with E-state index < -0.39 is 11.9 Å². The van der Waals surface area contributed by atoms with E-state index in [-0.39, 0.29) is 11.4 Å². The van der Waals surface area contributed by atoms with Crippen molar-refractivity contribution in [2.24, 2.45) is 0 Å². The van der Waals surface area contributed by atoms with E-state index >= 15 is 0 Å². The van der Waals surface area contributed by atoms with Crippen molar-refractivity contribution < 1.29 is 19.1 Å². The maximum atomic E-state index is 12.1. The first-order valence-electron chi connectivity index (χ1n) is 11.0. The van der Waals surface area contributed by atoms with E-state index in [4.69, 9.17) is 9.47 Å². The fourth-order valence-electron chi connectivity index (χ4n) is 2.90. The molecule has 0 saturated carbocycles. The van der Waals surface area contributed by atoms with Crippen LogP contribution < -0.4 is 0 Å². The fraction of sp³-hybridized carbons (Fsp3) is 0.696. The van der Waals surface area contributed by atoms with E-state index in [0.717, 1.165) is 32.1 Å². The minimum atomic E-state index is -0.496. The average Bonchev–Trinajstić information content (AvgIpc) is 2.72. The lowest BCUT2D eigenvalue weighted by atomic mass is 10.1. The summed E-state index contributed by atoms with van der Waals surface area (Å²) in [6.45, 7) is 5.09. The zero-order valence-corrected chi connectivity index (χ0v) is 17.7. The molecule has 1 aromatic rings. The second kappa shape index (κ2) is 16.1. The van der Waals surface area contributed by atoms with Crippen molar-refractivity contribution in [1.82, 2.24) is 4.98 Å². The Bertz CT molecular complexity index is 559. The molecule has 1 heterocycles. The summed E-state index contributed by atoms with van der Waals surface area (Å²) >= 11 is 0. The third-order valence-electron chi connectivity index (χ3n) is 4.63. The molecule has 0 aromatic carbocycles. The van der Waals surface area contributed by atoms with Crippen molar-refractivity contribution in [3.05, 3.63) is 29.6 Å². The fourth-order valence-corrected chi connectivity index (χ4v) is 2.90. The SMILES string of the molecule is CCCCCCCCCCCOC(=O)c1cccc(C(=O)OCCCCC)n1. The van der Waals surface area contributed by atoms with E-state index in [0.29, 0.717) is 13.2 Å². The highest BCUT2D eigenvalue weighted by atomic mass is 16.5. The number of esters is 2. The van der Waals surface area contributed by atoms with E-state index in [9.17, 15) is 9.59 Å². The van der Waals surface area contributed by atoms with Gasteiger partial charge in [-0.25, -0.2) is 14.6 Å². The molecule has 1 aromatic heterocycles. The second-order valence-electron chi connectivity index (χ2n) is 7.22. The summed E-state index contributed by atoms with van der Waals surface area (Å²) in [5, 5.41) is 0. The van der Waals surface area contributed by atoms with E-state index in [1.54, 1.807) is 18.2 Å². The summed E-state index contributed by atoms with van der Waals surface area (Å²) in [6.07, 6.45) is 13.9. The Morgan fingerprint density at radius 1 is 0.679 bits per heavy atom. The monoisotopic (exact) mass is 391 g/mol. The quantitative estimate of drug-likeness (QED) is 0.251. The molecule has 0 spiro atoms. The lowest BCUT2D eigenvalue weighted by Gasteiger charge is -2.07. The van der Waals surface area contributed by atoms with Gasteiger partial charge in [0, 0.05) is 0 Å². The molecule has 0 radical (unpaired) electrons. The van der Waals surface area contributed by atoms with Crippen LogP contribution in [0.1, 0.15) is 112 Å². The van der Waals surface area contributed by atoms with Gasteiger partial charge in [-0.05, 0) is 25.0 Å². The lowest BCUT2D eigenvalue weighted by molar-refractivity contribution is 0.0482. The maximum absolute atomic E-state index is 12.1. The molecule has 0 unspecified atom stereocenters. The highest BCUT2D eigenvalue weighted by Crippen LogP contribution is 2.10. The van der Waals surface area contributed by atoms with E-state index in [1.807, 2.05) is 0 Å². The molecule has 0 bridgehead atoms. The Morgan fingerprint density at radius 2 is 1.07 bits per heavy atom. The smallest absolute Gasteiger partial charge is 0.356 e. The molecular formula is C23H37NO4. The van der Waals surface area contributed by atoms with Gasteiger partial charge in [-0.15, -0.1) is 0 Å². The van der Waals surface area contributed by atoms with Crippen LogP contribution in [0.15, 0.2) is 18.2 Å². The van der Waals surface area contributed by atoms with Gasteiger partial charge in [-0.3, -0.25) is 0 Å². The van der Waals surface area contributed by atoms with Gasteiger partial charge in [-0.1, -0.05) is 84.1 Å². The van der Waals surface area contributed by atoms with Crippen LogP contribution in [0.5, 0.6) is 0 Å². The third-order valence-corrected chi connectivity index (χ3v) is 4.63. The number of carbonyl (C=O) groups excluding carboxylic acids is 2. The van der Waals surface area contributed by atoms with Gasteiger partial charge in [0.1, 0.15) is 11.4 Å². The number of unbranched alkanes of at least 4 members (excludes halogenated alkanes) is 10. The predicted octanol–water partition coefficient (Wildman–Crippen LogP) is 6.12. The van der Waals surface area contributed by atoms with Gasteiger partial charge < -0.3 is 9.47 Å². The summed E-state index contributed by atoms with van der Waals surface area (Å²) in [5.74, 6) is -0.982. The first-order chi connectivity index (χ1) is 13.7. The van der Waals surface area contributed by atoms with Gasteiger partial charge in [0.25, 0.3) is 0 Å². The van der Waals surface area contributed by atoms with Crippen molar-refractivity contribution in [2.45, 2.75) is 90.9 Å². The summed E-state index contributed by atoms with van der Waals surface area (Å²) in [5.41, 5.74) is 0.299. The molecule has 0 aliphatic carbocycles. The van der Waals surface area contributed by atoms with Crippen LogP contribution in [0.4, 0.5) is 0 Å². The van der Waals surface area contributed by atoms with Crippen LogP contribution in [0.3, 0.4) is 0 Å². The van der Waals surface area contributed by atoms with Crippen LogP contribution in [0, 0.1) is 0 Å². The van der Waals surface area contributed by atoms with Gasteiger partial charge in [0.2, 0.25) is 0 Å². The Labute approximate surface area is 170 Å². The van der Waals surface area contributed by atoms with Gasteiger partial charge in [0.05, 0.1) is 13.2 Å². The molecule has 1 rings (SSSR count). The lowest BCUT2D eigenvalue weighted by Crippen LogP contribution is -2.13. The minimum absolute atomic E-state index is 0.147. The van der Waals surface area contributed by atoms with Crippen LogP contribution in [-0.4, -0.2) is 30.1 Å². The Kier molecular flexibility index (Phi) is 13.9. The van der Waals surface area contributed by atoms with Crippen LogP contribution in [-0.2, 0) is 9.47 Å². The number of nitrogens with zero attached hydrogens (tertiary/aromatic N) is 1. The zero-order chi connectivity index (χ0) is 20.5. The summed E-state index contributed by atoms with van der Waals surface area (Å²) < 4.78 is 10.5. The molecule has 0 atom stereocenters. The Balaban J connectivity index is 2.21. The molecule has 0 saturated heterocycles. The number of hydrogen-bond donors (Lipinski definition) is 0. The van der Waals surface area contributed by atoms with Crippen LogP contribution >= 0.6 is 0 Å². The first kappa shape index (κ1) is 24.1. The molecule has 0 aliphatic heterocycles. The third kappa shape index (κ3) is 11.1. The average molecular weight is 392 g/mol. The van der Waals surface area contributed by atoms with Crippen LogP contribution in [0.25, 0.3) is 0 Å². The molecule has 5 heteroatoms. The summed E-state index contributed by atoms with van der Waals surface area (Å²) in [4.78, 5) is 28.2. The van der Waals surface area contributed by atoms with Gasteiger partial charge in [-0.2, -0.15) is 0 Å². The topological polar surface area (TPSA) is 65.5 Å². The molecule has 0 amide bonds. The van der Waals surface area contributed by atoms with E-state index in [2.05, 4.69) is 18.8 Å². The number of rotatable bonds is 16. The van der Waals surface area contributed by atoms with Crippen LogP contribution in [0.2, 0.25) is 0 Å². The molecule has 0 fully saturated rings. The Hall–Kier alpha value is -1.91. The molecule has 0 aliphatic rings. The van der Waals surface area contributed by atoms with Crippen molar-refractivity contribution in [2.75, 3.05) is 13.2 Å². The van der Waals surface area contributed by atoms with Gasteiger partial charge in [0.15, 0.2) is 0 Å². The maximum Gasteiger partial charge on any atom is 0.356 e. The largest absolute Gasteiger partial charge is 0.461 e. The zero-order valence-electron chi connectivity index (χ0n) is 17.7. The molecule has 5 nitrogen and oxygen atoms in total. The number of hydrogen-bond acceptors (Lipinski definition) is 5. The molecule has 0 N–H and O–H groups in total. The molecule has 158 valence electrons. The van der Waals surface area contributed by atoms with Crippen molar-refractivity contribution >= 4 is 11.9 Å². The highest BCUT2D eigenvalue weighted by Gasteiger charge is 2.14. The highest BCUT2D eigenvalue weighted by molar-refractivity contribution is 5.91. The number of ether oxygens (including phenoxy) is 2. The number of aromatic nitrogens is 1. The standard InChI is InChI=1S/C23H37NO4/c1-3-5-7-8-9-10-11-12-14-19-28-23(26)21-17-15-16-20(24-21)22(25)27-18-13-6-4-2/h15-17H,3-14,18-19H2,1-2H3. The van der Waals surface area contributed by atoms with Crippen molar-refractivity contribution in [3.8, 4) is 0 Å². The summed E-state index contributed by atoms with van der Waals surface area (Å²) in [6, 6.07) is 4.75. The summed E-state index contributed by atoms with van der Waals surface area (Å²) in [7, 11) is 0. The first-order valence-corrected chi connectivity index (χ1v) is 11.0. The Morgan fingerprint density at radius 3 is 1.57 bits per heavy atom. The van der Waals surface area contributed by atoms with Crippen molar-refractivity contribution in [3.63, 3.8) is 0 Å². The van der Waals surface area contributed by atoms with Crippen molar-refractivity contribution in [1.29, 1.82) is 0 Å². The second-order valence-corrected chi connectivity index (χ2v) is 7.22. The molecular weight excluding hydrogens is 354 g/mol. The number of carbonyl (C=O) groups is 2. The van der Waals surface area contributed by atoms with Gasteiger partial charge >= 0.3 is 11.9 Å². The number of pyridine rings is 1. The normalized spacial score (nSPS) is 10.6. The molecule has 28 heavy (non-hydrogen) atoms.